The van der Waals surface area contributed by atoms with Gasteiger partial charge in [-0.3, -0.25) is 14.6 Å². The number of aromatic nitrogens is 4. The first kappa shape index (κ1) is 19.0. The van der Waals surface area contributed by atoms with Gasteiger partial charge >= 0.3 is 0 Å². The summed E-state index contributed by atoms with van der Waals surface area (Å²) in [6, 6.07) is 10.7. The molecule has 8 nitrogen and oxygen atoms in total. The lowest BCUT2D eigenvalue weighted by molar-refractivity contribution is 0.102. The number of benzene rings is 1. The number of aromatic amines is 1. The average Bonchev–Trinajstić information content (AvgIpc) is 3.44. The Labute approximate surface area is 175 Å². The second-order valence-corrected chi connectivity index (χ2v) is 7.26. The highest BCUT2D eigenvalue weighted by atomic mass is 19.1. The maximum Gasteiger partial charge on any atom is 0.259 e. The Bertz CT molecular complexity index is 1320. The van der Waals surface area contributed by atoms with Gasteiger partial charge in [-0.2, -0.15) is 9.78 Å². The SMILES string of the molecule is O=C(Nc1cc(-c2ccco2)nn1-c1nc2c(c(=O)[nH]1)CCCC2)c1ccccc1F. The van der Waals surface area contributed by atoms with Crippen molar-refractivity contribution in [2.45, 2.75) is 25.7 Å². The molecular weight excluding hydrogens is 401 g/mol. The van der Waals surface area contributed by atoms with Crippen LogP contribution in [0.1, 0.15) is 34.5 Å². The lowest BCUT2D eigenvalue weighted by Crippen LogP contribution is -2.25. The summed E-state index contributed by atoms with van der Waals surface area (Å²) >= 11 is 0. The van der Waals surface area contributed by atoms with Gasteiger partial charge in [-0.05, 0) is 49.9 Å². The van der Waals surface area contributed by atoms with Crippen molar-refractivity contribution in [3.05, 3.63) is 81.7 Å². The van der Waals surface area contributed by atoms with E-state index in [9.17, 15) is 14.0 Å². The van der Waals surface area contributed by atoms with Crippen molar-refractivity contribution < 1.29 is 13.6 Å². The van der Waals surface area contributed by atoms with Gasteiger partial charge in [0.05, 0.1) is 17.5 Å². The molecule has 3 heterocycles. The summed E-state index contributed by atoms with van der Waals surface area (Å²) in [5, 5.41) is 7.13. The van der Waals surface area contributed by atoms with Crippen molar-refractivity contribution in [1.29, 1.82) is 0 Å². The van der Waals surface area contributed by atoms with E-state index in [0.717, 1.165) is 18.5 Å². The minimum atomic E-state index is -0.648. The Morgan fingerprint density at radius 1 is 1.16 bits per heavy atom. The van der Waals surface area contributed by atoms with Crippen LogP contribution >= 0.6 is 0 Å². The van der Waals surface area contributed by atoms with Gasteiger partial charge in [0.15, 0.2) is 5.76 Å². The lowest BCUT2D eigenvalue weighted by Gasteiger charge is -2.15. The van der Waals surface area contributed by atoms with Gasteiger partial charge in [0.2, 0.25) is 5.95 Å². The summed E-state index contributed by atoms with van der Waals surface area (Å²) in [5.74, 6) is -0.422. The molecule has 2 N–H and O–H groups in total. The number of halogens is 1. The molecule has 0 saturated carbocycles. The molecule has 0 bridgehead atoms. The highest BCUT2D eigenvalue weighted by molar-refractivity contribution is 6.04. The Morgan fingerprint density at radius 3 is 2.81 bits per heavy atom. The van der Waals surface area contributed by atoms with Crippen LogP contribution in [0.25, 0.3) is 17.4 Å². The lowest BCUT2D eigenvalue weighted by atomic mass is 9.97. The van der Waals surface area contributed by atoms with Crippen LogP contribution in [0.15, 0.2) is 57.9 Å². The molecule has 5 rings (SSSR count). The minimum Gasteiger partial charge on any atom is -0.463 e. The molecule has 1 aromatic carbocycles. The quantitative estimate of drug-likeness (QED) is 0.527. The topological polar surface area (TPSA) is 106 Å². The number of aryl methyl sites for hydroxylation is 1. The molecule has 156 valence electrons. The molecule has 0 spiro atoms. The number of H-pyrrole nitrogens is 1. The molecule has 1 aliphatic carbocycles. The van der Waals surface area contributed by atoms with Gasteiger partial charge in [0, 0.05) is 11.6 Å². The molecule has 0 fully saturated rings. The van der Waals surface area contributed by atoms with Gasteiger partial charge < -0.3 is 9.73 Å². The van der Waals surface area contributed by atoms with E-state index in [1.807, 2.05) is 0 Å². The summed E-state index contributed by atoms with van der Waals surface area (Å²) in [6.45, 7) is 0. The first-order valence-corrected chi connectivity index (χ1v) is 9.92. The molecule has 31 heavy (non-hydrogen) atoms. The smallest absolute Gasteiger partial charge is 0.259 e. The Kier molecular flexibility index (Phi) is 4.70. The fourth-order valence-corrected chi connectivity index (χ4v) is 3.70. The Hall–Kier alpha value is -4.01. The monoisotopic (exact) mass is 419 g/mol. The summed E-state index contributed by atoms with van der Waals surface area (Å²) in [5.41, 5.74) is 1.51. The highest BCUT2D eigenvalue weighted by Gasteiger charge is 2.21. The number of carbonyl (C=O) groups is 1. The number of rotatable bonds is 4. The molecule has 0 aliphatic heterocycles. The molecule has 4 aromatic rings. The number of hydrogen-bond acceptors (Lipinski definition) is 5. The molecule has 0 unspecified atom stereocenters. The van der Waals surface area contributed by atoms with Gasteiger partial charge in [0.1, 0.15) is 17.3 Å². The van der Waals surface area contributed by atoms with Crippen LogP contribution in [0.3, 0.4) is 0 Å². The van der Waals surface area contributed by atoms with Gasteiger partial charge in [-0.1, -0.05) is 12.1 Å². The van der Waals surface area contributed by atoms with E-state index in [1.165, 1.54) is 29.1 Å². The van der Waals surface area contributed by atoms with Crippen LogP contribution in [0.2, 0.25) is 0 Å². The van der Waals surface area contributed by atoms with Crippen molar-refractivity contribution in [1.82, 2.24) is 19.7 Å². The van der Waals surface area contributed by atoms with Crippen LogP contribution in [0.4, 0.5) is 10.2 Å². The minimum absolute atomic E-state index is 0.110. The van der Waals surface area contributed by atoms with Gasteiger partial charge in [0.25, 0.3) is 11.5 Å². The van der Waals surface area contributed by atoms with Crippen molar-refractivity contribution in [3.63, 3.8) is 0 Å². The normalized spacial score (nSPS) is 13.1. The number of fused-ring (bicyclic) bond motifs is 1. The summed E-state index contributed by atoms with van der Waals surface area (Å²) < 4.78 is 20.8. The van der Waals surface area contributed by atoms with E-state index in [0.29, 0.717) is 29.9 Å². The predicted octanol–water partition coefficient (Wildman–Crippen LogP) is 3.49. The van der Waals surface area contributed by atoms with Gasteiger partial charge in [-0.25, -0.2) is 9.37 Å². The molecule has 3 aromatic heterocycles. The van der Waals surface area contributed by atoms with Crippen LogP contribution in [-0.4, -0.2) is 25.7 Å². The number of anilines is 1. The Morgan fingerprint density at radius 2 is 2.00 bits per heavy atom. The third kappa shape index (κ3) is 3.54. The number of amides is 1. The molecule has 1 amide bonds. The second-order valence-electron chi connectivity index (χ2n) is 7.26. The zero-order valence-electron chi connectivity index (χ0n) is 16.4. The largest absolute Gasteiger partial charge is 0.463 e. The molecular formula is C22H18FN5O3. The fraction of sp³-hybridized carbons (Fsp3) is 0.182. The third-order valence-electron chi connectivity index (χ3n) is 5.22. The first-order chi connectivity index (χ1) is 15.1. The van der Waals surface area contributed by atoms with Crippen molar-refractivity contribution in [2.75, 3.05) is 5.32 Å². The van der Waals surface area contributed by atoms with Crippen LogP contribution in [0.5, 0.6) is 0 Å². The van der Waals surface area contributed by atoms with E-state index < -0.39 is 11.7 Å². The molecule has 1 aliphatic rings. The Balaban J connectivity index is 1.60. The highest BCUT2D eigenvalue weighted by Crippen LogP contribution is 2.25. The summed E-state index contributed by atoms with van der Waals surface area (Å²) in [4.78, 5) is 32.6. The number of furan rings is 1. The zero-order chi connectivity index (χ0) is 21.4. The average molecular weight is 419 g/mol. The maximum absolute atomic E-state index is 14.1. The summed E-state index contributed by atoms with van der Waals surface area (Å²) in [6.07, 6.45) is 4.80. The van der Waals surface area contributed by atoms with Crippen LogP contribution in [0, 0.1) is 5.82 Å². The number of hydrogen-bond donors (Lipinski definition) is 2. The number of nitrogens with zero attached hydrogens (tertiary/aromatic N) is 3. The van der Waals surface area contributed by atoms with Crippen molar-refractivity contribution >= 4 is 11.7 Å². The van der Waals surface area contributed by atoms with Crippen LogP contribution < -0.4 is 10.9 Å². The number of nitrogens with one attached hydrogen (secondary N) is 2. The van der Waals surface area contributed by atoms with E-state index in [4.69, 9.17) is 4.42 Å². The third-order valence-corrected chi connectivity index (χ3v) is 5.22. The molecule has 9 heteroatoms. The summed E-state index contributed by atoms with van der Waals surface area (Å²) in [7, 11) is 0. The molecule has 0 atom stereocenters. The van der Waals surface area contributed by atoms with Crippen molar-refractivity contribution in [3.8, 4) is 17.4 Å². The zero-order valence-corrected chi connectivity index (χ0v) is 16.4. The van der Waals surface area contributed by atoms with Gasteiger partial charge in [-0.15, -0.1) is 0 Å². The first-order valence-electron chi connectivity index (χ1n) is 9.92. The molecule has 0 radical (unpaired) electrons. The fourth-order valence-electron chi connectivity index (χ4n) is 3.70. The van der Waals surface area contributed by atoms with E-state index in [-0.39, 0.29) is 22.9 Å². The van der Waals surface area contributed by atoms with Crippen LogP contribution in [-0.2, 0) is 12.8 Å². The van der Waals surface area contributed by atoms with E-state index in [1.54, 1.807) is 24.3 Å². The predicted molar refractivity (Wildman–Crippen MR) is 111 cm³/mol. The number of carbonyl (C=O) groups excluding carboxylic acids is 1. The second kappa shape index (κ2) is 7.67. The standard InChI is InChI=1S/C22H18FN5O3/c23-15-8-3-1-6-13(15)20(29)25-19-12-17(18-10-5-11-31-18)27-28(19)22-24-16-9-4-2-7-14(16)21(30)26-22/h1,3,5-6,8,10-12H,2,4,7,9H2,(H,25,29)(H,24,26,30). The molecule has 0 saturated heterocycles. The van der Waals surface area contributed by atoms with Crippen molar-refractivity contribution in [2.24, 2.45) is 0 Å². The maximum atomic E-state index is 14.1. The van der Waals surface area contributed by atoms with E-state index >= 15 is 0 Å². The van der Waals surface area contributed by atoms with E-state index in [2.05, 4.69) is 20.4 Å².